The first-order valence-electron chi connectivity index (χ1n) is 13.9. The van der Waals surface area contributed by atoms with Crippen molar-refractivity contribution in [1.29, 1.82) is 0 Å². The fourth-order valence-corrected chi connectivity index (χ4v) is 5.92. The Hall–Kier alpha value is -4.12. The molecule has 0 aliphatic carbocycles. The lowest BCUT2D eigenvalue weighted by Gasteiger charge is -2.28. The standard InChI is InChI=1S/C31H36N4O6S/c1-17(2)12-23-30(39)33-19(4)28(42-21-10-11-22-18(3)13-27(37)41-25(22)15-21)31(40)35-24(14-20-8-6-5-7-9-20)29(38)32-16-26(36)34-23/h5-11,13,15,17,19,23-24,28H,12,14,16H2,1-4H3,(H,32,38)(H,33,39)(H,34,36)(H,35,40)/t19-,23?,24?,28+/m0/s1. The van der Waals surface area contributed by atoms with E-state index in [1.807, 2.05) is 63.2 Å². The number of fused-ring (bicyclic) bond motifs is 1. The molecule has 42 heavy (non-hydrogen) atoms. The Bertz CT molecular complexity index is 1520. The molecule has 2 heterocycles. The predicted molar refractivity (Wildman–Crippen MR) is 161 cm³/mol. The van der Waals surface area contributed by atoms with Gasteiger partial charge in [0.15, 0.2) is 0 Å². The largest absolute Gasteiger partial charge is 0.423 e. The van der Waals surface area contributed by atoms with E-state index in [9.17, 15) is 24.0 Å². The van der Waals surface area contributed by atoms with Crippen LogP contribution < -0.4 is 26.9 Å². The molecule has 1 fully saturated rings. The van der Waals surface area contributed by atoms with Gasteiger partial charge in [-0.15, -0.1) is 11.8 Å². The highest BCUT2D eigenvalue weighted by molar-refractivity contribution is 8.00. The summed E-state index contributed by atoms with van der Waals surface area (Å²) in [5.74, 6) is -1.80. The maximum absolute atomic E-state index is 13.9. The van der Waals surface area contributed by atoms with Gasteiger partial charge in [0.05, 0.1) is 6.54 Å². The number of hydrogen-bond donors (Lipinski definition) is 4. The molecule has 222 valence electrons. The number of carbonyl (C=O) groups is 4. The average molecular weight is 593 g/mol. The third-order valence-electron chi connectivity index (χ3n) is 6.97. The first-order chi connectivity index (χ1) is 20.0. The highest BCUT2D eigenvalue weighted by atomic mass is 32.2. The van der Waals surface area contributed by atoms with Crippen molar-refractivity contribution in [3.05, 3.63) is 76.1 Å². The van der Waals surface area contributed by atoms with E-state index in [4.69, 9.17) is 4.42 Å². The lowest BCUT2D eigenvalue weighted by Crippen LogP contribution is -2.55. The van der Waals surface area contributed by atoms with Crippen LogP contribution in [0.15, 0.2) is 68.7 Å². The van der Waals surface area contributed by atoms with Gasteiger partial charge in [-0.3, -0.25) is 19.2 Å². The normalized spacial score (nSPS) is 22.3. The minimum Gasteiger partial charge on any atom is -0.423 e. The van der Waals surface area contributed by atoms with E-state index >= 15 is 0 Å². The fourth-order valence-electron chi connectivity index (χ4n) is 4.86. The fraction of sp³-hybridized carbons (Fsp3) is 0.387. The van der Waals surface area contributed by atoms with Crippen molar-refractivity contribution in [3.8, 4) is 0 Å². The van der Waals surface area contributed by atoms with Gasteiger partial charge in [-0.2, -0.15) is 0 Å². The Balaban J connectivity index is 1.69. The Morgan fingerprint density at radius 3 is 2.33 bits per heavy atom. The molecule has 1 aliphatic rings. The third-order valence-corrected chi connectivity index (χ3v) is 8.37. The number of nitrogens with one attached hydrogen (secondary N) is 4. The zero-order chi connectivity index (χ0) is 30.4. The number of hydrogen-bond acceptors (Lipinski definition) is 7. The zero-order valence-corrected chi connectivity index (χ0v) is 24.9. The number of aryl methyl sites for hydroxylation is 1. The molecule has 3 aromatic rings. The maximum Gasteiger partial charge on any atom is 0.336 e. The van der Waals surface area contributed by atoms with Crippen LogP contribution >= 0.6 is 11.8 Å². The number of amides is 4. The molecule has 1 saturated heterocycles. The average Bonchev–Trinajstić information content (AvgIpc) is 2.93. The van der Waals surface area contributed by atoms with Gasteiger partial charge < -0.3 is 25.7 Å². The molecule has 2 unspecified atom stereocenters. The second-order valence-electron chi connectivity index (χ2n) is 11.0. The molecule has 11 heteroatoms. The van der Waals surface area contributed by atoms with Gasteiger partial charge in [0.2, 0.25) is 23.6 Å². The molecule has 4 atom stereocenters. The summed E-state index contributed by atoms with van der Waals surface area (Å²) in [5.41, 5.74) is 1.50. The molecule has 10 nitrogen and oxygen atoms in total. The molecule has 0 radical (unpaired) electrons. The van der Waals surface area contributed by atoms with Crippen molar-refractivity contribution in [2.24, 2.45) is 5.92 Å². The molecule has 4 amide bonds. The zero-order valence-electron chi connectivity index (χ0n) is 24.1. The second-order valence-corrected chi connectivity index (χ2v) is 12.2. The van der Waals surface area contributed by atoms with Crippen LogP contribution in [0.5, 0.6) is 0 Å². The molecular weight excluding hydrogens is 556 g/mol. The molecule has 4 rings (SSSR count). The summed E-state index contributed by atoms with van der Waals surface area (Å²) in [6.07, 6.45) is 0.580. The lowest BCUT2D eigenvalue weighted by atomic mass is 10.0. The molecule has 2 aromatic carbocycles. The summed E-state index contributed by atoms with van der Waals surface area (Å²) in [6, 6.07) is 13.5. The minimum atomic E-state index is -0.969. The van der Waals surface area contributed by atoms with Crippen LogP contribution in [-0.4, -0.2) is 53.5 Å². The quantitative estimate of drug-likeness (QED) is 0.322. The smallest absolute Gasteiger partial charge is 0.336 e. The summed E-state index contributed by atoms with van der Waals surface area (Å²) in [5, 5.41) is 11.0. The summed E-state index contributed by atoms with van der Waals surface area (Å²) in [7, 11) is 0. The van der Waals surface area contributed by atoms with E-state index in [0.717, 1.165) is 16.5 Å². The summed E-state index contributed by atoms with van der Waals surface area (Å²) in [4.78, 5) is 65.8. The van der Waals surface area contributed by atoms with Crippen molar-refractivity contribution < 1.29 is 23.6 Å². The van der Waals surface area contributed by atoms with Crippen molar-refractivity contribution >= 4 is 46.4 Å². The van der Waals surface area contributed by atoms with Crippen LogP contribution in [0.2, 0.25) is 0 Å². The predicted octanol–water partition coefficient (Wildman–Crippen LogP) is 2.46. The van der Waals surface area contributed by atoms with E-state index in [2.05, 4.69) is 21.3 Å². The monoisotopic (exact) mass is 592 g/mol. The van der Waals surface area contributed by atoms with Crippen LogP contribution in [0.25, 0.3) is 11.0 Å². The highest BCUT2D eigenvalue weighted by Gasteiger charge is 2.34. The lowest BCUT2D eigenvalue weighted by molar-refractivity contribution is -0.131. The molecule has 0 bridgehead atoms. The van der Waals surface area contributed by atoms with Crippen LogP contribution in [-0.2, 0) is 25.6 Å². The van der Waals surface area contributed by atoms with Crippen molar-refractivity contribution in [3.63, 3.8) is 0 Å². The summed E-state index contributed by atoms with van der Waals surface area (Å²) >= 11 is 1.18. The van der Waals surface area contributed by atoms with Gasteiger partial charge in [-0.05, 0) is 55.5 Å². The van der Waals surface area contributed by atoms with Gasteiger partial charge in [0.1, 0.15) is 22.9 Å². The molecule has 4 N–H and O–H groups in total. The highest BCUT2D eigenvalue weighted by Crippen LogP contribution is 2.30. The topological polar surface area (TPSA) is 147 Å². The molecule has 1 aliphatic heterocycles. The number of thioether (sulfide) groups is 1. The Labute approximate surface area is 248 Å². The second kappa shape index (κ2) is 13.7. The third kappa shape index (κ3) is 8.00. The molecule has 0 spiro atoms. The van der Waals surface area contributed by atoms with Gasteiger partial charge in [-0.1, -0.05) is 44.2 Å². The maximum atomic E-state index is 13.9. The molecular formula is C31H36N4O6S. The van der Waals surface area contributed by atoms with Gasteiger partial charge in [0.25, 0.3) is 0 Å². The molecule has 1 aromatic heterocycles. The first-order valence-corrected chi connectivity index (χ1v) is 14.8. The van der Waals surface area contributed by atoms with Crippen molar-refractivity contribution in [2.75, 3.05) is 6.54 Å². The minimum absolute atomic E-state index is 0.0982. The van der Waals surface area contributed by atoms with Crippen LogP contribution in [0.1, 0.15) is 38.3 Å². The summed E-state index contributed by atoms with van der Waals surface area (Å²) < 4.78 is 5.39. The van der Waals surface area contributed by atoms with E-state index in [1.54, 1.807) is 13.0 Å². The Morgan fingerprint density at radius 1 is 0.881 bits per heavy atom. The van der Waals surface area contributed by atoms with Gasteiger partial charge in [0, 0.05) is 28.8 Å². The number of rotatable bonds is 6. The molecule has 0 saturated carbocycles. The van der Waals surface area contributed by atoms with E-state index in [-0.39, 0.29) is 18.9 Å². The van der Waals surface area contributed by atoms with E-state index in [1.165, 1.54) is 17.8 Å². The SMILES string of the molecule is Cc1cc(=O)oc2cc(S[C@H]3C(=O)NC(Cc4ccccc4)C(=O)NCC(=O)NC(CC(C)C)C(=O)N[C@H]3C)ccc12. The van der Waals surface area contributed by atoms with Crippen molar-refractivity contribution in [1.82, 2.24) is 21.3 Å². The van der Waals surface area contributed by atoms with Gasteiger partial charge in [-0.25, -0.2) is 4.79 Å². The van der Waals surface area contributed by atoms with E-state index in [0.29, 0.717) is 16.9 Å². The Morgan fingerprint density at radius 2 is 1.62 bits per heavy atom. The number of carbonyl (C=O) groups excluding carboxylic acids is 4. The van der Waals surface area contributed by atoms with Gasteiger partial charge >= 0.3 is 5.63 Å². The number of benzene rings is 2. The van der Waals surface area contributed by atoms with Crippen LogP contribution in [0, 0.1) is 12.8 Å². The summed E-state index contributed by atoms with van der Waals surface area (Å²) in [6.45, 7) is 7.06. The van der Waals surface area contributed by atoms with Crippen molar-refractivity contribution in [2.45, 2.75) is 68.8 Å². The Kier molecular flexibility index (Phi) is 10.1. The van der Waals surface area contributed by atoms with Crippen LogP contribution in [0.4, 0.5) is 0 Å². The first kappa shape index (κ1) is 30.8. The van der Waals surface area contributed by atoms with Crippen LogP contribution in [0.3, 0.4) is 0 Å². The van der Waals surface area contributed by atoms with E-state index < -0.39 is 52.6 Å².